The molecule has 0 spiro atoms. The number of methoxy groups -OCH3 is 1. The fourth-order valence-electron chi connectivity index (χ4n) is 1.73. The average Bonchev–Trinajstić information content (AvgIpc) is 2.65. The fourth-order valence-corrected chi connectivity index (χ4v) is 1.85. The van der Waals surface area contributed by atoms with Crippen molar-refractivity contribution in [2.75, 3.05) is 12.8 Å². The number of carbonyl (C=O) groups is 1. The Labute approximate surface area is 115 Å². The molecule has 100 valence electrons. The third-order valence-corrected chi connectivity index (χ3v) is 3.24. The summed E-state index contributed by atoms with van der Waals surface area (Å²) in [6.45, 7) is 3.57. The summed E-state index contributed by atoms with van der Waals surface area (Å²) in [5.41, 5.74) is 7.61. The first kappa shape index (κ1) is 13.4. The molecular weight excluding hydrogens is 268 g/mol. The number of nitrogens with two attached hydrogens (primary N) is 1. The molecule has 0 aliphatic heterocycles. The summed E-state index contributed by atoms with van der Waals surface area (Å²) < 4.78 is 6.23. The van der Waals surface area contributed by atoms with Crippen molar-refractivity contribution in [2.24, 2.45) is 0 Å². The summed E-state index contributed by atoms with van der Waals surface area (Å²) in [5, 5.41) is 4.80. The van der Waals surface area contributed by atoms with E-state index in [2.05, 4.69) is 10.1 Å². The second-order valence-electron chi connectivity index (χ2n) is 4.03. The Morgan fingerprint density at radius 1 is 1.47 bits per heavy atom. The number of hydrogen-bond donors (Lipinski definition) is 1. The molecule has 0 bridgehead atoms. The molecule has 6 nitrogen and oxygen atoms in total. The molecule has 7 heteroatoms. The van der Waals surface area contributed by atoms with Gasteiger partial charge in [0.25, 0.3) is 0 Å². The van der Waals surface area contributed by atoms with Crippen LogP contribution in [-0.2, 0) is 4.74 Å². The molecule has 2 rings (SSSR count). The minimum atomic E-state index is -0.529. The molecule has 19 heavy (non-hydrogen) atoms. The molecule has 0 unspecified atom stereocenters. The molecule has 0 aliphatic carbocycles. The minimum absolute atomic E-state index is 0.241. The van der Waals surface area contributed by atoms with Gasteiger partial charge in [0, 0.05) is 0 Å². The summed E-state index contributed by atoms with van der Waals surface area (Å²) >= 11 is 6.09. The van der Waals surface area contributed by atoms with Crippen LogP contribution in [0.15, 0.2) is 12.3 Å². The smallest absolute Gasteiger partial charge is 0.341 e. The molecule has 0 saturated carbocycles. The number of rotatable bonds is 2. The number of carbonyl (C=O) groups excluding carboxylic acids is 1. The zero-order valence-corrected chi connectivity index (χ0v) is 11.5. The van der Waals surface area contributed by atoms with Crippen LogP contribution < -0.4 is 5.73 Å². The van der Waals surface area contributed by atoms with Crippen LogP contribution in [0.5, 0.6) is 0 Å². The fraction of sp³-hybridized carbons (Fsp3) is 0.250. The van der Waals surface area contributed by atoms with Crippen LogP contribution in [0.1, 0.15) is 21.7 Å². The standard InChI is InChI=1S/C12H13ClN4O2/c1-6-10(13)7(2)17(16-6)11-9(12(18)19-3)4-8(14)5-15-11/h4-5H,14H2,1-3H3. The predicted molar refractivity (Wildman–Crippen MR) is 71.6 cm³/mol. The zero-order valence-electron chi connectivity index (χ0n) is 10.8. The van der Waals surface area contributed by atoms with E-state index in [9.17, 15) is 4.79 Å². The van der Waals surface area contributed by atoms with Gasteiger partial charge in [-0.05, 0) is 19.9 Å². The predicted octanol–water partition coefficient (Wildman–Crippen LogP) is 1.91. The highest BCUT2D eigenvalue weighted by Crippen LogP contribution is 2.24. The topological polar surface area (TPSA) is 83.0 Å². The van der Waals surface area contributed by atoms with Crippen molar-refractivity contribution in [3.63, 3.8) is 0 Å². The van der Waals surface area contributed by atoms with Crippen LogP contribution in [0.4, 0.5) is 5.69 Å². The lowest BCUT2D eigenvalue weighted by Gasteiger charge is -2.09. The van der Waals surface area contributed by atoms with Gasteiger partial charge in [0.05, 0.1) is 35.4 Å². The number of esters is 1. The summed E-state index contributed by atoms with van der Waals surface area (Å²) in [6, 6.07) is 1.50. The number of pyridine rings is 1. The largest absolute Gasteiger partial charge is 0.465 e. The molecule has 0 amide bonds. The van der Waals surface area contributed by atoms with Crippen molar-refractivity contribution in [3.05, 3.63) is 34.2 Å². The van der Waals surface area contributed by atoms with Gasteiger partial charge < -0.3 is 10.5 Å². The zero-order chi connectivity index (χ0) is 14.2. The number of aromatic nitrogens is 3. The van der Waals surface area contributed by atoms with Crippen LogP contribution in [0.3, 0.4) is 0 Å². The maximum Gasteiger partial charge on any atom is 0.341 e. The van der Waals surface area contributed by atoms with E-state index in [0.717, 1.165) is 0 Å². The van der Waals surface area contributed by atoms with E-state index in [1.165, 1.54) is 24.1 Å². The maximum atomic E-state index is 11.8. The number of ether oxygens (including phenoxy) is 1. The first-order chi connectivity index (χ1) is 8.95. The van der Waals surface area contributed by atoms with E-state index in [4.69, 9.17) is 22.1 Å². The van der Waals surface area contributed by atoms with E-state index in [0.29, 0.717) is 27.9 Å². The van der Waals surface area contributed by atoms with E-state index in [1.54, 1.807) is 13.8 Å². The maximum absolute atomic E-state index is 11.8. The highest BCUT2D eigenvalue weighted by molar-refractivity contribution is 6.31. The minimum Gasteiger partial charge on any atom is -0.465 e. The molecule has 0 atom stereocenters. The highest BCUT2D eigenvalue weighted by Gasteiger charge is 2.19. The van der Waals surface area contributed by atoms with Crippen molar-refractivity contribution >= 4 is 23.3 Å². The Balaban J connectivity index is 2.68. The Morgan fingerprint density at radius 2 is 2.16 bits per heavy atom. The molecule has 0 aromatic carbocycles. The number of aryl methyl sites for hydroxylation is 1. The van der Waals surface area contributed by atoms with Crippen LogP contribution in [0, 0.1) is 13.8 Å². The number of nitrogens with zero attached hydrogens (tertiary/aromatic N) is 3. The van der Waals surface area contributed by atoms with Gasteiger partial charge in [0.1, 0.15) is 5.56 Å². The van der Waals surface area contributed by atoms with Crippen molar-refractivity contribution in [1.29, 1.82) is 0 Å². The summed E-state index contributed by atoms with van der Waals surface area (Å²) in [5.74, 6) is -0.188. The van der Waals surface area contributed by atoms with E-state index in [1.807, 2.05) is 0 Å². The van der Waals surface area contributed by atoms with E-state index < -0.39 is 5.97 Å². The molecule has 0 radical (unpaired) electrons. The lowest BCUT2D eigenvalue weighted by atomic mass is 10.2. The van der Waals surface area contributed by atoms with Gasteiger partial charge in [-0.2, -0.15) is 5.10 Å². The van der Waals surface area contributed by atoms with Gasteiger partial charge in [0.2, 0.25) is 0 Å². The lowest BCUT2D eigenvalue weighted by Crippen LogP contribution is -2.12. The monoisotopic (exact) mass is 280 g/mol. The lowest BCUT2D eigenvalue weighted by molar-refractivity contribution is 0.0600. The Kier molecular flexibility index (Phi) is 3.44. The molecule has 0 saturated heterocycles. The molecule has 0 fully saturated rings. The number of halogens is 1. The van der Waals surface area contributed by atoms with Gasteiger partial charge in [0.15, 0.2) is 5.82 Å². The number of nitrogen functional groups attached to an aromatic ring is 1. The molecule has 2 N–H and O–H groups in total. The normalized spacial score (nSPS) is 10.5. The summed E-state index contributed by atoms with van der Waals surface area (Å²) in [4.78, 5) is 15.9. The van der Waals surface area contributed by atoms with Crippen LogP contribution in [-0.4, -0.2) is 27.8 Å². The molecule has 2 heterocycles. The van der Waals surface area contributed by atoms with Gasteiger partial charge in [-0.25, -0.2) is 14.5 Å². The van der Waals surface area contributed by atoms with Crippen LogP contribution in [0.2, 0.25) is 5.02 Å². The molecule has 0 aliphatic rings. The van der Waals surface area contributed by atoms with Crippen molar-refractivity contribution < 1.29 is 9.53 Å². The van der Waals surface area contributed by atoms with Gasteiger partial charge in [-0.3, -0.25) is 0 Å². The summed E-state index contributed by atoms with van der Waals surface area (Å²) in [6.07, 6.45) is 1.45. The quantitative estimate of drug-likeness (QED) is 0.850. The Bertz CT molecular complexity index is 651. The Hall–Kier alpha value is -2.08. The van der Waals surface area contributed by atoms with Crippen LogP contribution in [0.25, 0.3) is 5.82 Å². The Morgan fingerprint density at radius 3 is 2.68 bits per heavy atom. The second kappa shape index (κ2) is 4.89. The van der Waals surface area contributed by atoms with E-state index >= 15 is 0 Å². The number of hydrogen-bond acceptors (Lipinski definition) is 5. The molecule has 2 aromatic rings. The van der Waals surface area contributed by atoms with Crippen molar-refractivity contribution in [2.45, 2.75) is 13.8 Å². The summed E-state index contributed by atoms with van der Waals surface area (Å²) in [7, 11) is 1.30. The van der Waals surface area contributed by atoms with Gasteiger partial charge in [-0.1, -0.05) is 11.6 Å². The first-order valence-corrected chi connectivity index (χ1v) is 5.89. The molecular formula is C12H13ClN4O2. The third-order valence-electron chi connectivity index (χ3n) is 2.70. The SMILES string of the molecule is COC(=O)c1cc(N)cnc1-n1nc(C)c(Cl)c1C. The van der Waals surface area contributed by atoms with Crippen molar-refractivity contribution in [1.82, 2.24) is 14.8 Å². The van der Waals surface area contributed by atoms with Crippen molar-refractivity contribution in [3.8, 4) is 5.82 Å². The third kappa shape index (κ3) is 2.26. The van der Waals surface area contributed by atoms with E-state index in [-0.39, 0.29) is 5.56 Å². The second-order valence-corrected chi connectivity index (χ2v) is 4.41. The molecule has 2 aromatic heterocycles. The van der Waals surface area contributed by atoms with Crippen LogP contribution >= 0.6 is 11.6 Å². The first-order valence-electron chi connectivity index (χ1n) is 5.51. The number of anilines is 1. The van der Waals surface area contributed by atoms with Gasteiger partial charge in [-0.15, -0.1) is 0 Å². The highest BCUT2D eigenvalue weighted by atomic mass is 35.5. The van der Waals surface area contributed by atoms with Gasteiger partial charge >= 0.3 is 5.97 Å². The average molecular weight is 281 g/mol.